The highest BCUT2D eigenvalue weighted by molar-refractivity contribution is 5.78. The predicted octanol–water partition coefficient (Wildman–Crippen LogP) is 2.75. The molecule has 2 aliphatic heterocycles. The lowest BCUT2D eigenvalue weighted by Crippen LogP contribution is -2.44. The van der Waals surface area contributed by atoms with Crippen molar-refractivity contribution in [2.45, 2.75) is 51.6 Å². The van der Waals surface area contributed by atoms with E-state index in [4.69, 9.17) is 14.3 Å². The zero-order valence-corrected chi connectivity index (χ0v) is 20.3. The van der Waals surface area contributed by atoms with Gasteiger partial charge in [0.15, 0.2) is 11.5 Å². The summed E-state index contributed by atoms with van der Waals surface area (Å²) in [5, 5.41) is 16.0. The first-order chi connectivity index (χ1) is 17.0. The highest BCUT2D eigenvalue weighted by Crippen LogP contribution is 2.42. The maximum atomic E-state index is 13.2. The average Bonchev–Trinajstić information content (AvgIpc) is 3.59. The highest BCUT2D eigenvalue weighted by Gasteiger charge is 2.47. The lowest BCUT2D eigenvalue weighted by Gasteiger charge is -2.29. The highest BCUT2D eigenvalue weighted by atomic mass is 16.7. The number of aryl methyl sites for hydroxylation is 1. The molecule has 0 saturated carbocycles. The number of amides is 1. The summed E-state index contributed by atoms with van der Waals surface area (Å²) in [5.41, 5.74) is 0.869. The van der Waals surface area contributed by atoms with E-state index in [9.17, 15) is 14.7 Å². The monoisotopic (exact) mass is 486 g/mol. The molecule has 0 radical (unpaired) electrons. The van der Waals surface area contributed by atoms with Crippen LogP contribution in [0.15, 0.2) is 36.7 Å². The quantitative estimate of drug-likeness (QED) is 0.457. The molecule has 3 atom stereocenters. The second-order valence-electron chi connectivity index (χ2n) is 8.97. The van der Waals surface area contributed by atoms with E-state index in [1.54, 1.807) is 10.9 Å². The number of likely N-dealkylation sites (tertiary alicyclic amines) is 1. The molecule has 190 valence electrons. The number of benzene rings is 1. The fraction of sp³-hybridized carbons (Fsp3) is 0.560. The molecule has 0 unspecified atom stereocenters. The van der Waals surface area contributed by atoms with Gasteiger partial charge in [0.2, 0.25) is 6.79 Å². The number of carboxylic acids is 1. The Morgan fingerprint density at radius 2 is 2.06 bits per heavy atom. The third-order valence-electron chi connectivity index (χ3n) is 6.57. The molecule has 1 amide bonds. The molecule has 4 rings (SSSR count). The number of fused-ring (bicyclic) bond motifs is 1. The zero-order valence-electron chi connectivity index (χ0n) is 20.3. The first kappa shape index (κ1) is 25.0. The van der Waals surface area contributed by atoms with Gasteiger partial charge in [-0.05, 0) is 43.0 Å². The lowest BCUT2D eigenvalue weighted by molar-refractivity contribution is -0.188. The summed E-state index contributed by atoms with van der Waals surface area (Å²) >= 11 is 0. The van der Waals surface area contributed by atoms with Crippen LogP contribution in [0.3, 0.4) is 0 Å². The van der Waals surface area contributed by atoms with Crippen LogP contribution in [-0.4, -0.2) is 75.8 Å². The standard InChI is InChI=1S/C25H34N4O6/c1-3-10-29(35-13-4-2)23(30)16-27-15-19(18-6-7-21-22(14-18)34-17-33-21)24(25(31)32)20(27)8-12-28-11-5-9-26-28/h5-7,9,11,14,19-20,24H,3-4,8,10,12-13,15-17H2,1-2H3,(H,31,32)/t19-,20+,24-/m1/s1. The Balaban J connectivity index is 1.58. The fourth-order valence-corrected chi connectivity index (χ4v) is 4.95. The Kier molecular flexibility index (Phi) is 8.25. The SMILES string of the molecule is CCCON(CCC)C(=O)CN1C[C@H](c2ccc3c(c2)OCO3)[C@@H](C(=O)O)[C@@H]1CCn1cccn1. The van der Waals surface area contributed by atoms with E-state index in [1.165, 1.54) is 5.06 Å². The number of carbonyl (C=O) groups excluding carboxylic acids is 1. The van der Waals surface area contributed by atoms with Crippen molar-refractivity contribution in [2.75, 3.05) is 33.0 Å². The third-order valence-corrected chi connectivity index (χ3v) is 6.57. The molecular formula is C25H34N4O6. The molecule has 1 N–H and O–H groups in total. The van der Waals surface area contributed by atoms with E-state index in [2.05, 4.69) is 5.10 Å². The molecule has 2 aliphatic rings. The van der Waals surface area contributed by atoms with Gasteiger partial charge in [-0.25, -0.2) is 5.06 Å². The van der Waals surface area contributed by atoms with Gasteiger partial charge in [-0.15, -0.1) is 0 Å². The van der Waals surface area contributed by atoms with E-state index in [0.29, 0.717) is 44.2 Å². The van der Waals surface area contributed by atoms with E-state index in [1.807, 2.05) is 49.2 Å². The number of ether oxygens (including phenoxy) is 2. The molecule has 35 heavy (non-hydrogen) atoms. The Bertz CT molecular complexity index is 998. The van der Waals surface area contributed by atoms with Crippen LogP contribution in [0, 0.1) is 5.92 Å². The molecule has 1 aromatic heterocycles. The number of carbonyl (C=O) groups is 2. The van der Waals surface area contributed by atoms with Crippen molar-refractivity contribution in [1.29, 1.82) is 0 Å². The number of aromatic nitrogens is 2. The maximum Gasteiger partial charge on any atom is 0.308 e. The van der Waals surface area contributed by atoms with Gasteiger partial charge in [-0.3, -0.25) is 24.0 Å². The van der Waals surface area contributed by atoms with Crippen LogP contribution in [0.4, 0.5) is 0 Å². The molecule has 1 saturated heterocycles. The molecule has 1 aromatic carbocycles. The number of nitrogens with zero attached hydrogens (tertiary/aromatic N) is 4. The molecule has 1 fully saturated rings. The van der Waals surface area contributed by atoms with Gasteiger partial charge in [0.1, 0.15) is 0 Å². The minimum atomic E-state index is -0.874. The molecule has 2 aromatic rings. The zero-order chi connectivity index (χ0) is 24.8. The Morgan fingerprint density at radius 3 is 2.77 bits per heavy atom. The normalized spacial score (nSPS) is 21.4. The van der Waals surface area contributed by atoms with Crippen LogP contribution in [0.1, 0.15) is 44.6 Å². The van der Waals surface area contributed by atoms with Crippen molar-refractivity contribution in [3.63, 3.8) is 0 Å². The van der Waals surface area contributed by atoms with Crippen molar-refractivity contribution < 1.29 is 29.0 Å². The van der Waals surface area contributed by atoms with Gasteiger partial charge < -0.3 is 14.6 Å². The molecule has 10 heteroatoms. The molecule has 0 spiro atoms. The van der Waals surface area contributed by atoms with Crippen LogP contribution < -0.4 is 9.47 Å². The topological polar surface area (TPSA) is 106 Å². The van der Waals surface area contributed by atoms with Crippen molar-refractivity contribution in [1.82, 2.24) is 19.7 Å². The first-order valence-electron chi connectivity index (χ1n) is 12.3. The molecule has 0 bridgehead atoms. The van der Waals surface area contributed by atoms with Gasteiger partial charge in [0.25, 0.3) is 5.91 Å². The summed E-state index contributed by atoms with van der Waals surface area (Å²) in [6, 6.07) is 7.09. The van der Waals surface area contributed by atoms with E-state index in [-0.39, 0.29) is 31.2 Å². The van der Waals surface area contributed by atoms with E-state index in [0.717, 1.165) is 18.4 Å². The summed E-state index contributed by atoms with van der Waals surface area (Å²) in [6.07, 6.45) is 5.69. The number of hydrogen-bond donors (Lipinski definition) is 1. The number of aliphatic carboxylic acids is 1. The van der Waals surface area contributed by atoms with E-state index < -0.39 is 11.9 Å². The van der Waals surface area contributed by atoms with Crippen LogP contribution in [0.5, 0.6) is 11.5 Å². The first-order valence-corrected chi connectivity index (χ1v) is 12.3. The third kappa shape index (κ3) is 5.76. The summed E-state index contributed by atoms with van der Waals surface area (Å²) in [6.45, 7) is 6.21. The second-order valence-corrected chi connectivity index (χ2v) is 8.97. The molecule has 0 aliphatic carbocycles. The minimum Gasteiger partial charge on any atom is -0.481 e. The summed E-state index contributed by atoms with van der Waals surface area (Å²) in [4.78, 5) is 33.5. The van der Waals surface area contributed by atoms with Crippen LogP contribution in [-0.2, 0) is 21.0 Å². The van der Waals surface area contributed by atoms with Gasteiger partial charge in [0, 0.05) is 44.0 Å². The van der Waals surface area contributed by atoms with Crippen LogP contribution in [0.25, 0.3) is 0 Å². The average molecular weight is 487 g/mol. The van der Waals surface area contributed by atoms with E-state index >= 15 is 0 Å². The Labute approximate surface area is 205 Å². The predicted molar refractivity (Wildman–Crippen MR) is 127 cm³/mol. The lowest BCUT2D eigenvalue weighted by atomic mass is 9.84. The summed E-state index contributed by atoms with van der Waals surface area (Å²) in [5.74, 6) is -0.732. The molecule has 3 heterocycles. The maximum absolute atomic E-state index is 13.2. The van der Waals surface area contributed by atoms with Crippen molar-refractivity contribution >= 4 is 11.9 Å². The Morgan fingerprint density at radius 1 is 1.23 bits per heavy atom. The smallest absolute Gasteiger partial charge is 0.308 e. The fourth-order valence-electron chi connectivity index (χ4n) is 4.95. The molecule has 10 nitrogen and oxygen atoms in total. The summed E-state index contributed by atoms with van der Waals surface area (Å²) in [7, 11) is 0. The molecular weight excluding hydrogens is 452 g/mol. The van der Waals surface area contributed by atoms with Gasteiger partial charge in [-0.1, -0.05) is 19.9 Å². The minimum absolute atomic E-state index is 0.0956. The second kappa shape index (κ2) is 11.5. The van der Waals surface area contributed by atoms with Crippen molar-refractivity contribution in [3.8, 4) is 11.5 Å². The number of rotatable bonds is 12. The number of hydroxylamine groups is 2. The summed E-state index contributed by atoms with van der Waals surface area (Å²) < 4.78 is 12.7. The largest absolute Gasteiger partial charge is 0.481 e. The van der Waals surface area contributed by atoms with Crippen molar-refractivity contribution in [3.05, 3.63) is 42.2 Å². The number of carboxylic acid groups (broad SMARTS) is 1. The Hall–Kier alpha value is -3.11. The van der Waals surface area contributed by atoms with Gasteiger partial charge >= 0.3 is 5.97 Å². The van der Waals surface area contributed by atoms with Gasteiger partial charge in [0.05, 0.1) is 19.1 Å². The van der Waals surface area contributed by atoms with Gasteiger partial charge in [-0.2, -0.15) is 5.10 Å². The van der Waals surface area contributed by atoms with Crippen LogP contribution in [0.2, 0.25) is 0 Å². The number of hydrogen-bond acceptors (Lipinski definition) is 7. The van der Waals surface area contributed by atoms with Crippen LogP contribution >= 0.6 is 0 Å². The van der Waals surface area contributed by atoms with Crippen molar-refractivity contribution in [2.24, 2.45) is 5.92 Å².